The van der Waals surface area contributed by atoms with E-state index < -0.39 is 36.1 Å². The van der Waals surface area contributed by atoms with Crippen molar-refractivity contribution in [3.8, 4) is 11.5 Å². The number of urea groups is 2. The van der Waals surface area contributed by atoms with Crippen LogP contribution in [0.25, 0.3) is 0 Å². The van der Waals surface area contributed by atoms with Crippen LogP contribution in [0.5, 0.6) is 11.5 Å². The molecular formula is C40H46Cl2N6O8. The summed E-state index contributed by atoms with van der Waals surface area (Å²) in [5.74, 6) is -2.21. The smallest absolute Gasteiger partial charge is 0.444 e. The second-order valence-electron chi connectivity index (χ2n) is 13.1. The van der Waals surface area contributed by atoms with E-state index in [0.29, 0.717) is 57.1 Å². The number of carbonyl (C=O) groups excluding carboxylic acids is 4. The van der Waals surface area contributed by atoms with Gasteiger partial charge in [-0.05, 0) is 114 Å². The van der Waals surface area contributed by atoms with Gasteiger partial charge in [-0.2, -0.15) is 0 Å². The van der Waals surface area contributed by atoms with Crippen LogP contribution in [0, 0.1) is 0 Å². The third-order valence-electron chi connectivity index (χ3n) is 8.35. The van der Waals surface area contributed by atoms with Crippen LogP contribution in [0.1, 0.15) is 36.1 Å². The Labute approximate surface area is 336 Å². The first-order valence-corrected chi connectivity index (χ1v) is 18.3. The summed E-state index contributed by atoms with van der Waals surface area (Å²) in [6.45, 7) is 0.899. The number of carbonyl (C=O) groups is 4. The highest BCUT2D eigenvalue weighted by Crippen LogP contribution is 2.31. The lowest BCUT2D eigenvalue weighted by Crippen LogP contribution is -2.45. The van der Waals surface area contributed by atoms with Crippen molar-refractivity contribution in [3.63, 3.8) is 0 Å². The van der Waals surface area contributed by atoms with Crippen molar-refractivity contribution in [1.82, 2.24) is 19.9 Å². The molecular weight excluding hydrogens is 763 g/mol. The van der Waals surface area contributed by atoms with Crippen LogP contribution < -0.4 is 20.1 Å². The van der Waals surface area contributed by atoms with Gasteiger partial charge in [-0.15, -0.1) is 10.1 Å². The average molecular weight is 810 g/mol. The SMILES string of the molecule is COc1cccc(NC(=O)N(OC(=O)C(=O)ON(C(=O)Nc2cccc(OC)c2)C(CCN(C)C)c2ccc(Cl)cc2)C(CCN(C)C)c2ccc(Cl)cc2)c1. The van der Waals surface area contributed by atoms with Crippen LogP contribution in [0.3, 0.4) is 0 Å². The Morgan fingerprint density at radius 3 is 1.25 bits per heavy atom. The quantitative estimate of drug-likeness (QED) is 0.0963. The Hall–Kier alpha value is -5.54. The van der Waals surface area contributed by atoms with Gasteiger partial charge in [0.2, 0.25) is 0 Å². The molecule has 2 N–H and O–H groups in total. The van der Waals surface area contributed by atoms with Crippen molar-refractivity contribution < 1.29 is 38.3 Å². The van der Waals surface area contributed by atoms with Crippen molar-refractivity contribution in [2.45, 2.75) is 24.9 Å². The minimum absolute atomic E-state index is 0.265. The van der Waals surface area contributed by atoms with Gasteiger partial charge < -0.3 is 39.6 Å². The number of ether oxygens (including phenoxy) is 2. The van der Waals surface area contributed by atoms with Crippen LogP contribution in [0.2, 0.25) is 10.0 Å². The number of rotatable bonds is 14. The highest BCUT2D eigenvalue weighted by molar-refractivity contribution is 6.31. The topological polar surface area (TPSA) is 142 Å². The molecule has 0 aliphatic carbocycles. The van der Waals surface area contributed by atoms with E-state index in [4.69, 9.17) is 42.4 Å². The summed E-state index contributed by atoms with van der Waals surface area (Å²) in [5.41, 5.74) is 1.77. The monoisotopic (exact) mass is 808 g/mol. The molecule has 0 aromatic heterocycles. The zero-order chi connectivity index (χ0) is 40.8. The fourth-order valence-electron chi connectivity index (χ4n) is 5.47. The van der Waals surface area contributed by atoms with E-state index >= 15 is 0 Å². The van der Waals surface area contributed by atoms with E-state index in [9.17, 15) is 19.2 Å². The fourth-order valence-corrected chi connectivity index (χ4v) is 5.73. The van der Waals surface area contributed by atoms with Gasteiger partial charge in [0.1, 0.15) is 11.5 Å². The first kappa shape index (κ1) is 43.2. The molecule has 0 fully saturated rings. The van der Waals surface area contributed by atoms with E-state index in [1.807, 2.05) is 38.0 Å². The van der Waals surface area contributed by atoms with Crippen LogP contribution >= 0.6 is 23.2 Å². The average Bonchev–Trinajstić information content (AvgIpc) is 3.18. The molecule has 4 aromatic rings. The number of benzene rings is 4. The second kappa shape index (κ2) is 20.9. The molecule has 56 heavy (non-hydrogen) atoms. The predicted molar refractivity (Wildman–Crippen MR) is 215 cm³/mol. The fraction of sp³-hybridized carbons (Fsp3) is 0.300. The number of hydroxylamine groups is 4. The molecule has 0 saturated carbocycles. The largest absolute Gasteiger partial charge is 0.497 e. The molecule has 16 heteroatoms. The number of amides is 4. The number of hydrogen-bond acceptors (Lipinski definition) is 10. The molecule has 0 aliphatic heterocycles. The lowest BCUT2D eigenvalue weighted by Gasteiger charge is -2.32. The molecule has 0 heterocycles. The molecule has 0 spiro atoms. The molecule has 298 valence electrons. The molecule has 0 saturated heterocycles. The third-order valence-corrected chi connectivity index (χ3v) is 8.85. The molecule has 0 bridgehead atoms. The van der Waals surface area contributed by atoms with Crippen LogP contribution in [0.4, 0.5) is 21.0 Å². The molecule has 2 unspecified atom stereocenters. The van der Waals surface area contributed by atoms with Crippen LogP contribution in [-0.2, 0) is 19.3 Å². The summed E-state index contributed by atoms with van der Waals surface area (Å²) in [4.78, 5) is 70.8. The normalized spacial score (nSPS) is 12.0. The first-order valence-electron chi connectivity index (χ1n) is 17.5. The standard InChI is InChI=1S/C40H46Cl2N6O8/c1-45(2)23-21-35(27-13-17-29(41)18-14-27)47(39(51)43-31-9-7-11-33(25-31)53-5)55-37(49)38(50)56-48(40(52)44-32-10-8-12-34(26-32)54-6)36(22-24-46(3)4)28-15-19-30(42)20-16-28/h7-20,25-26,35-36H,21-24H2,1-6H3,(H,43,51)(H,44,52). The number of anilines is 2. The van der Waals surface area contributed by atoms with E-state index in [1.165, 1.54) is 14.2 Å². The van der Waals surface area contributed by atoms with E-state index in [2.05, 4.69) is 10.6 Å². The van der Waals surface area contributed by atoms with Gasteiger partial charge in [0.25, 0.3) is 0 Å². The maximum atomic E-state index is 14.1. The number of methoxy groups -OCH3 is 2. The Morgan fingerprint density at radius 1 is 0.571 bits per heavy atom. The Balaban J connectivity index is 1.72. The summed E-state index contributed by atoms with van der Waals surface area (Å²) >= 11 is 12.4. The highest BCUT2D eigenvalue weighted by Gasteiger charge is 2.37. The second-order valence-corrected chi connectivity index (χ2v) is 13.9. The Kier molecular flexibility index (Phi) is 16.2. The van der Waals surface area contributed by atoms with Crippen LogP contribution in [-0.4, -0.2) is 99.4 Å². The lowest BCUT2D eigenvalue weighted by molar-refractivity contribution is -0.212. The Morgan fingerprint density at radius 2 is 0.929 bits per heavy atom. The third kappa shape index (κ3) is 12.8. The molecule has 4 aromatic carbocycles. The zero-order valence-corrected chi connectivity index (χ0v) is 33.5. The van der Waals surface area contributed by atoms with E-state index in [0.717, 1.165) is 10.1 Å². The summed E-state index contributed by atoms with van der Waals surface area (Å²) in [7, 11) is 10.4. The molecule has 4 rings (SSSR count). The van der Waals surface area contributed by atoms with Crippen LogP contribution in [0.15, 0.2) is 97.1 Å². The van der Waals surface area contributed by atoms with E-state index in [-0.39, 0.29) is 12.8 Å². The van der Waals surface area contributed by atoms with Crippen molar-refractivity contribution >= 4 is 58.6 Å². The van der Waals surface area contributed by atoms with Crippen molar-refractivity contribution in [2.24, 2.45) is 0 Å². The zero-order valence-electron chi connectivity index (χ0n) is 32.0. The lowest BCUT2D eigenvalue weighted by atomic mass is 10.0. The summed E-state index contributed by atoms with van der Waals surface area (Å²) in [6.07, 6.45) is 0.529. The van der Waals surface area contributed by atoms with Crippen molar-refractivity contribution in [3.05, 3.63) is 118 Å². The minimum atomic E-state index is -1.57. The maximum absolute atomic E-state index is 14.1. The number of nitrogens with zero attached hydrogens (tertiary/aromatic N) is 4. The van der Waals surface area contributed by atoms with Gasteiger partial charge in [0.15, 0.2) is 0 Å². The maximum Gasteiger partial charge on any atom is 0.444 e. The number of nitrogens with one attached hydrogen (secondary N) is 2. The van der Waals surface area contributed by atoms with Gasteiger partial charge in [-0.1, -0.05) is 59.6 Å². The molecule has 4 amide bonds. The molecule has 14 nitrogen and oxygen atoms in total. The van der Waals surface area contributed by atoms with Gasteiger partial charge in [-0.3, -0.25) is 0 Å². The number of hydrogen-bond donors (Lipinski definition) is 2. The minimum Gasteiger partial charge on any atom is -0.497 e. The first-order chi connectivity index (χ1) is 26.8. The summed E-state index contributed by atoms with van der Waals surface area (Å²) < 4.78 is 10.6. The van der Waals surface area contributed by atoms with Gasteiger partial charge in [0, 0.05) is 33.6 Å². The highest BCUT2D eigenvalue weighted by atomic mass is 35.5. The number of halogens is 2. The van der Waals surface area contributed by atoms with E-state index in [1.54, 1.807) is 97.1 Å². The van der Waals surface area contributed by atoms with Crippen molar-refractivity contribution in [2.75, 3.05) is 66.1 Å². The molecule has 0 aliphatic rings. The van der Waals surface area contributed by atoms with Crippen molar-refractivity contribution in [1.29, 1.82) is 0 Å². The predicted octanol–water partition coefficient (Wildman–Crippen LogP) is 7.68. The van der Waals surface area contributed by atoms with Gasteiger partial charge in [0.05, 0.1) is 26.3 Å². The van der Waals surface area contributed by atoms with Gasteiger partial charge >= 0.3 is 24.0 Å². The summed E-state index contributed by atoms with van der Waals surface area (Å²) in [5, 5.41) is 7.88. The molecule has 2 atom stereocenters. The van der Waals surface area contributed by atoms with Gasteiger partial charge in [-0.25, -0.2) is 19.2 Å². The Bertz CT molecular complexity index is 1790. The summed E-state index contributed by atoms with van der Waals surface area (Å²) in [6, 6.07) is 22.8. The molecule has 0 radical (unpaired) electrons.